The van der Waals surface area contributed by atoms with Crippen molar-refractivity contribution in [1.82, 2.24) is 14.4 Å². The zero-order valence-electron chi connectivity index (χ0n) is 18.4. The fraction of sp³-hybridized carbons (Fsp3) is 0.0385. The molecule has 1 unspecified atom stereocenters. The van der Waals surface area contributed by atoms with Crippen LogP contribution in [0.1, 0.15) is 16.1 Å². The Hall–Kier alpha value is -4.21. The molecule has 174 valence electrons. The summed E-state index contributed by atoms with van der Waals surface area (Å²) in [7, 11) is 0. The number of carbonyl (C=O) groups is 1. The summed E-state index contributed by atoms with van der Waals surface area (Å²) in [5.41, 5.74) is 4.97. The van der Waals surface area contributed by atoms with Crippen LogP contribution in [0.4, 0.5) is 10.1 Å². The van der Waals surface area contributed by atoms with Gasteiger partial charge in [0.05, 0.1) is 11.9 Å². The fourth-order valence-electron chi connectivity index (χ4n) is 3.81. The van der Waals surface area contributed by atoms with Gasteiger partial charge in [0, 0.05) is 39.7 Å². The topological polar surface area (TPSA) is 99.4 Å². The lowest BCUT2D eigenvalue weighted by Gasteiger charge is -2.11. The normalized spacial score (nSPS) is 12.0. The first-order valence-electron chi connectivity index (χ1n) is 10.6. The van der Waals surface area contributed by atoms with Crippen LogP contribution >= 0.6 is 0 Å². The van der Waals surface area contributed by atoms with E-state index in [9.17, 15) is 17.9 Å². The number of nitrogens with one attached hydrogen (secondary N) is 1. The van der Waals surface area contributed by atoms with Crippen molar-refractivity contribution < 1.29 is 17.9 Å². The molecule has 7 nitrogen and oxygen atoms in total. The second-order valence-corrected chi connectivity index (χ2v) is 8.81. The van der Waals surface area contributed by atoms with Crippen LogP contribution in [0.3, 0.4) is 0 Å². The van der Waals surface area contributed by atoms with E-state index in [4.69, 9.17) is 0 Å². The number of hydrogen-bond acceptors (Lipinski definition) is 5. The minimum absolute atomic E-state index is 0.131. The van der Waals surface area contributed by atoms with Crippen LogP contribution < -0.4 is 5.32 Å². The number of pyridine rings is 2. The number of aromatic nitrogens is 3. The van der Waals surface area contributed by atoms with Gasteiger partial charge in [-0.15, -0.1) is 0 Å². The molecule has 0 saturated heterocycles. The van der Waals surface area contributed by atoms with Gasteiger partial charge in [-0.3, -0.25) is 18.4 Å². The second kappa shape index (κ2) is 9.21. The van der Waals surface area contributed by atoms with Gasteiger partial charge in [-0.05, 0) is 84.2 Å². The van der Waals surface area contributed by atoms with Crippen molar-refractivity contribution >= 4 is 28.3 Å². The molecule has 5 aromatic rings. The average molecular weight is 486 g/mol. The average Bonchev–Trinajstić information content (AvgIpc) is 3.29. The summed E-state index contributed by atoms with van der Waals surface area (Å²) in [5.74, 6) is -0.677. The van der Waals surface area contributed by atoms with Gasteiger partial charge in [0.25, 0.3) is 5.91 Å². The highest BCUT2D eigenvalue weighted by Crippen LogP contribution is 2.31. The standard InChI is InChI=1S/C26H19FN4O3S/c1-16-13-17(4-10-22(16)27)25-21(3-2-12-28-25)18-5-11-24-29-14-23(31(24)15-18)26(32)30-19-6-8-20(9-7-19)35(33)34/h2-15H,1H3,(H,30,32)(H,33,34)/p-1. The molecule has 9 heteroatoms. The van der Waals surface area contributed by atoms with E-state index in [-0.39, 0.29) is 10.7 Å². The van der Waals surface area contributed by atoms with Crippen LogP contribution in [-0.4, -0.2) is 29.0 Å². The molecule has 3 heterocycles. The smallest absolute Gasteiger partial charge is 0.274 e. The molecule has 35 heavy (non-hydrogen) atoms. The van der Waals surface area contributed by atoms with Crippen LogP contribution in [0.2, 0.25) is 0 Å². The number of amides is 1. The minimum Gasteiger partial charge on any atom is -0.768 e. The molecule has 1 N–H and O–H groups in total. The monoisotopic (exact) mass is 485 g/mol. The maximum absolute atomic E-state index is 13.8. The number of halogens is 1. The van der Waals surface area contributed by atoms with Crippen molar-refractivity contribution in [2.75, 3.05) is 5.32 Å². The summed E-state index contributed by atoms with van der Waals surface area (Å²) < 4.78 is 37.6. The van der Waals surface area contributed by atoms with Crippen molar-refractivity contribution in [3.63, 3.8) is 0 Å². The largest absolute Gasteiger partial charge is 0.768 e. The molecule has 3 aromatic heterocycles. The van der Waals surface area contributed by atoms with Gasteiger partial charge in [0.1, 0.15) is 17.2 Å². The lowest BCUT2D eigenvalue weighted by atomic mass is 9.99. The third-order valence-electron chi connectivity index (χ3n) is 5.59. The molecular weight excluding hydrogens is 467 g/mol. The van der Waals surface area contributed by atoms with Crippen LogP contribution in [0.25, 0.3) is 28.0 Å². The Morgan fingerprint density at radius 2 is 1.80 bits per heavy atom. The zero-order chi connectivity index (χ0) is 24.5. The van der Waals surface area contributed by atoms with Crippen molar-refractivity contribution in [1.29, 1.82) is 0 Å². The molecule has 0 bridgehead atoms. The first-order chi connectivity index (χ1) is 16.9. The van der Waals surface area contributed by atoms with E-state index in [0.717, 1.165) is 16.7 Å². The molecule has 0 saturated carbocycles. The molecule has 0 aliphatic heterocycles. The van der Waals surface area contributed by atoms with Crippen LogP contribution in [0.15, 0.2) is 90.2 Å². The van der Waals surface area contributed by atoms with Crippen LogP contribution in [-0.2, 0) is 11.1 Å². The maximum atomic E-state index is 13.8. The Morgan fingerprint density at radius 1 is 1.03 bits per heavy atom. The number of hydrogen-bond donors (Lipinski definition) is 1. The minimum atomic E-state index is -2.34. The Bertz CT molecular complexity index is 1600. The van der Waals surface area contributed by atoms with Crippen molar-refractivity contribution in [2.45, 2.75) is 11.8 Å². The molecule has 0 aliphatic rings. The molecule has 0 radical (unpaired) electrons. The van der Waals surface area contributed by atoms with Crippen molar-refractivity contribution in [3.05, 3.63) is 102 Å². The Labute approximate surface area is 202 Å². The zero-order valence-corrected chi connectivity index (χ0v) is 19.3. The van der Waals surface area contributed by atoms with Crippen molar-refractivity contribution in [3.8, 4) is 22.4 Å². The molecule has 1 atom stereocenters. The summed E-state index contributed by atoms with van der Waals surface area (Å²) in [5, 5.41) is 2.76. The lowest BCUT2D eigenvalue weighted by Crippen LogP contribution is -2.14. The van der Waals surface area contributed by atoms with Gasteiger partial charge >= 0.3 is 0 Å². The number of imidazole rings is 1. The highest BCUT2D eigenvalue weighted by molar-refractivity contribution is 7.79. The predicted octanol–water partition coefficient (Wildman–Crippen LogP) is 5.00. The molecule has 0 fully saturated rings. The number of aryl methyl sites for hydroxylation is 1. The van der Waals surface area contributed by atoms with Gasteiger partial charge in [0.2, 0.25) is 0 Å². The highest BCUT2D eigenvalue weighted by atomic mass is 32.2. The Balaban J connectivity index is 1.51. The van der Waals surface area contributed by atoms with E-state index in [1.165, 1.54) is 36.5 Å². The van der Waals surface area contributed by atoms with E-state index in [1.807, 2.05) is 18.2 Å². The number of anilines is 1. The van der Waals surface area contributed by atoms with E-state index >= 15 is 0 Å². The number of carbonyl (C=O) groups excluding carboxylic acids is 1. The summed E-state index contributed by atoms with van der Waals surface area (Å²) in [6, 6.07) is 18.2. The molecule has 5 rings (SSSR count). The summed E-state index contributed by atoms with van der Waals surface area (Å²) in [6.07, 6.45) is 4.96. The van der Waals surface area contributed by atoms with Gasteiger partial charge < -0.3 is 9.87 Å². The summed E-state index contributed by atoms with van der Waals surface area (Å²) in [4.78, 5) is 21.9. The van der Waals surface area contributed by atoms with Crippen molar-refractivity contribution in [2.24, 2.45) is 0 Å². The van der Waals surface area contributed by atoms with Gasteiger partial charge in [-0.25, -0.2) is 9.37 Å². The van der Waals surface area contributed by atoms with Crippen LogP contribution in [0, 0.1) is 12.7 Å². The quantitative estimate of drug-likeness (QED) is 0.353. The van der Waals surface area contributed by atoms with Crippen LogP contribution in [0.5, 0.6) is 0 Å². The molecule has 1 amide bonds. The fourth-order valence-corrected chi connectivity index (χ4v) is 4.17. The van der Waals surface area contributed by atoms with E-state index in [0.29, 0.717) is 28.3 Å². The Kier molecular flexibility index (Phi) is 5.94. The first kappa shape index (κ1) is 22.6. The number of nitrogens with zero attached hydrogens (tertiary/aromatic N) is 3. The SMILES string of the molecule is Cc1cc(-c2ncccc2-c2ccc3ncc(C(=O)Nc4ccc(S(=O)[O-])cc4)n3c2)ccc1F. The number of fused-ring (bicyclic) bond motifs is 1. The molecular formula is C26H18FN4O3S-. The number of benzene rings is 2. The third-order valence-corrected chi connectivity index (χ3v) is 6.25. The lowest BCUT2D eigenvalue weighted by molar-refractivity contribution is 0.102. The third kappa shape index (κ3) is 4.46. The number of rotatable bonds is 5. The molecule has 2 aromatic carbocycles. The summed E-state index contributed by atoms with van der Waals surface area (Å²) >= 11 is -2.34. The van der Waals surface area contributed by atoms with E-state index in [1.54, 1.807) is 41.9 Å². The Morgan fingerprint density at radius 3 is 2.54 bits per heavy atom. The van der Waals surface area contributed by atoms with Gasteiger partial charge in [-0.1, -0.05) is 6.07 Å². The highest BCUT2D eigenvalue weighted by Gasteiger charge is 2.15. The second-order valence-electron chi connectivity index (χ2n) is 7.87. The predicted molar refractivity (Wildman–Crippen MR) is 130 cm³/mol. The van der Waals surface area contributed by atoms with E-state index in [2.05, 4.69) is 15.3 Å². The summed E-state index contributed by atoms with van der Waals surface area (Å²) in [6.45, 7) is 1.71. The molecule has 0 spiro atoms. The maximum Gasteiger partial charge on any atom is 0.274 e. The molecule has 0 aliphatic carbocycles. The van der Waals surface area contributed by atoms with E-state index < -0.39 is 17.0 Å². The van der Waals surface area contributed by atoms with Gasteiger partial charge in [0.15, 0.2) is 0 Å². The van der Waals surface area contributed by atoms with Gasteiger partial charge in [-0.2, -0.15) is 0 Å². The first-order valence-corrected chi connectivity index (χ1v) is 11.7.